The number of rotatable bonds is 4. The Balaban J connectivity index is 1.88. The number of anilines is 1. The molecule has 0 saturated heterocycles. The zero-order valence-electron chi connectivity index (χ0n) is 17.8. The van der Waals surface area contributed by atoms with Crippen LogP contribution in [-0.2, 0) is 9.53 Å². The lowest BCUT2D eigenvalue weighted by Gasteiger charge is -2.26. The lowest BCUT2D eigenvalue weighted by atomic mass is 9.94. The van der Waals surface area contributed by atoms with Crippen molar-refractivity contribution in [2.45, 2.75) is 13.0 Å². The number of ether oxygens (including phenoxy) is 3. The molecule has 6 nitrogen and oxygen atoms in total. The van der Waals surface area contributed by atoms with Gasteiger partial charge in [0.1, 0.15) is 17.4 Å². The highest BCUT2D eigenvalue weighted by molar-refractivity contribution is 6.09. The Kier molecular flexibility index (Phi) is 5.38. The van der Waals surface area contributed by atoms with Crippen molar-refractivity contribution in [3.05, 3.63) is 71.3 Å². The Morgan fingerprint density at radius 1 is 1.00 bits per heavy atom. The number of methoxy groups -OCH3 is 1. The fraction of sp³-hybridized carbons (Fsp3) is 0.200. The van der Waals surface area contributed by atoms with Crippen molar-refractivity contribution in [1.29, 1.82) is 0 Å². The van der Waals surface area contributed by atoms with Crippen molar-refractivity contribution in [1.82, 2.24) is 0 Å². The third kappa shape index (κ3) is 3.72. The van der Waals surface area contributed by atoms with E-state index in [0.717, 1.165) is 16.6 Å². The van der Waals surface area contributed by atoms with Crippen LogP contribution in [0.3, 0.4) is 0 Å². The van der Waals surface area contributed by atoms with Crippen LogP contribution in [0.5, 0.6) is 11.5 Å². The van der Waals surface area contributed by atoms with E-state index in [1.165, 1.54) is 14.0 Å². The van der Waals surface area contributed by atoms with E-state index in [9.17, 15) is 9.59 Å². The molecule has 31 heavy (non-hydrogen) atoms. The molecule has 158 valence electrons. The number of fused-ring (bicyclic) bond motifs is 3. The summed E-state index contributed by atoms with van der Waals surface area (Å²) in [6.45, 7) is 1.30. The van der Waals surface area contributed by atoms with Gasteiger partial charge in [0.05, 0.1) is 7.11 Å². The van der Waals surface area contributed by atoms with Crippen LogP contribution < -0.4 is 14.4 Å². The first kappa shape index (κ1) is 20.5. The molecule has 1 aliphatic rings. The van der Waals surface area contributed by atoms with Gasteiger partial charge in [0.25, 0.3) is 0 Å². The van der Waals surface area contributed by atoms with Gasteiger partial charge < -0.3 is 19.1 Å². The minimum atomic E-state index is -0.597. The van der Waals surface area contributed by atoms with E-state index in [1.54, 1.807) is 6.07 Å². The molecule has 1 aliphatic heterocycles. The molecule has 3 aromatic carbocycles. The summed E-state index contributed by atoms with van der Waals surface area (Å²) >= 11 is 0. The van der Waals surface area contributed by atoms with Gasteiger partial charge in [0.15, 0.2) is 5.75 Å². The first-order valence-corrected chi connectivity index (χ1v) is 9.88. The second-order valence-corrected chi connectivity index (χ2v) is 7.46. The topological polar surface area (TPSA) is 65.1 Å². The van der Waals surface area contributed by atoms with Gasteiger partial charge in [-0.3, -0.25) is 4.79 Å². The van der Waals surface area contributed by atoms with Crippen molar-refractivity contribution in [2.24, 2.45) is 0 Å². The van der Waals surface area contributed by atoms with Crippen LogP contribution in [-0.4, -0.2) is 33.1 Å². The summed E-state index contributed by atoms with van der Waals surface area (Å²) in [7, 11) is 5.27. The van der Waals surface area contributed by atoms with E-state index in [2.05, 4.69) is 0 Å². The molecule has 0 N–H and O–H groups in total. The number of carbonyl (C=O) groups excluding carboxylic acids is 2. The minimum Gasteiger partial charge on any atom is -0.480 e. The van der Waals surface area contributed by atoms with Crippen LogP contribution in [0.2, 0.25) is 0 Å². The predicted octanol–water partition coefficient (Wildman–Crippen LogP) is 4.76. The van der Waals surface area contributed by atoms with Gasteiger partial charge in [-0.15, -0.1) is 0 Å². The molecule has 0 saturated carbocycles. The zero-order chi connectivity index (χ0) is 22.1. The van der Waals surface area contributed by atoms with E-state index in [4.69, 9.17) is 14.2 Å². The van der Waals surface area contributed by atoms with Crippen molar-refractivity contribution in [3.8, 4) is 11.5 Å². The highest BCUT2D eigenvalue weighted by Gasteiger charge is 2.30. The average molecular weight is 417 g/mol. The Bertz CT molecular complexity index is 1190. The van der Waals surface area contributed by atoms with Gasteiger partial charge in [0.2, 0.25) is 0 Å². The summed E-state index contributed by atoms with van der Waals surface area (Å²) in [6.07, 6.45) is 3.39. The number of carbonyl (C=O) groups is 2. The van der Waals surface area contributed by atoms with Crippen molar-refractivity contribution >= 4 is 34.5 Å². The van der Waals surface area contributed by atoms with E-state index in [-0.39, 0.29) is 17.4 Å². The molecule has 3 aromatic rings. The molecule has 1 heterocycles. The molecule has 0 spiro atoms. The maximum absolute atomic E-state index is 12.7. The molecule has 0 amide bonds. The average Bonchev–Trinajstić information content (AvgIpc) is 2.78. The Morgan fingerprint density at radius 2 is 1.68 bits per heavy atom. The van der Waals surface area contributed by atoms with Gasteiger partial charge in [-0.05, 0) is 23.8 Å². The molecule has 0 aromatic heterocycles. The van der Waals surface area contributed by atoms with Crippen LogP contribution in [0.15, 0.2) is 54.6 Å². The summed E-state index contributed by atoms with van der Waals surface area (Å²) in [4.78, 5) is 26.5. The first-order chi connectivity index (χ1) is 14.9. The molecule has 0 radical (unpaired) electrons. The molecule has 0 fully saturated rings. The fourth-order valence-corrected chi connectivity index (χ4v) is 3.73. The maximum atomic E-state index is 12.7. The van der Waals surface area contributed by atoms with E-state index in [0.29, 0.717) is 16.7 Å². The normalized spacial score (nSPS) is 14.5. The third-order valence-electron chi connectivity index (χ3n) is 5.21. The smallest absolute Gasteiger partial charge is 0.342 e. The van der Waals surface area contributed by atoms with Gasteiger partial charge in [0, 0.05) is 43.0 Å². The van der Waals surface area contributed by atoms with E-state index < -0.39 is 11.9 Å². The summed E-state index contributed by atoms with van der Waals surface area (Å²) in [5.41, 5.74) is 2.78. The molecule has 1 atom stereocenters. The van der Waals surface area contributed by atoms with Crippen LogP contribution in [0.25, 0.3) is 16.8 Å². The Morgan fingerprint density at radius 3 is 2.29 bits per heavy atom. The lowest BCUT2D eigenvalue weighted by Crippen LogP contribution is -2.16. The van der Waals surface area contributed by atoms with Crippen LogP contribution in [0.1, 0.15) is 34.5 Å². The summed E-state index contributed by atoms with van der Waals surface area (Å²) < 4.78 is 16.8. The quantitative estimate of drug-likeness (QED) is 0.450. The molecular formula is C25H23NO5. The van der Waals surface area contributed by atoms with Crippen molar-refractivity contribution < 1.29 is 23.8 Å². The maximum Gasteiger partial charge on any atom is 0.342 e. The zero-order valence-corrected chi connectivity index (χ0v) is 17.8. The summed E-state index contributed by atoms with van der Waals surface area (Å²) in [5.74, 6) is -0.387. The van der Waals surface area contributed by atoms with Gasteiger partial charge in [-0.2, -0.15) is 0 Å². The molecule has 4 rings (SSSR count). The monoisotopic (exact) mass is 417 g/mol. The van der Waals surface area contributed by atoms with E-state index in [1.807, 2.05) is 73.6 Å². The second-order valence-electron chi connectivity index (χ2n) is 7.46. The molecule has 0 aliphatic carbocycles. The number of benzene rings is 3. The van der Waals surface area contributed by atoms with Gasteiger partial charge in [-0.1, -0.05) is 42.5 Å². The molecule has 0 bridgehead atoms. The molecule has 1 unspecified atom stereocenters. The fourth-order valence-electron chi connectivity index (χ4n) is 3.73. The highest BCUT2D eigenvalue weighted by atomic mass is 16.5. The largest absolute Gasteiger partial charge is 0.480 e. The number of hydrogen-bond donors (Lipinski definition) is 0. The standard InChI is InChI=1S/C25H23NO5/c1-15(27)30-24-19-8-6-5-7-18(19)23-20(22(24)25(28)29-4)13-14-21(31-23)16-9-11-17(12-10-16)26(2)3/h5-14,21H,1-4H3. The van der Waals surface area contributed by atoms with Crippen molar-refractivity contribution in [2.75, 3.05) is 26.1 Å². The van der Waals surface area contributed by atoms with Gasteiger partial charge in [-0.25, -0.2) is 4.79 Å². The number of esters is 2. The second kappa shape index (κ2) is 8.14. The summed E-state index contributed by atoms with van der Waals surface area (Å²) in [6, 6.07) is 15.5. The minimum absolute atomic E-state index is 0.170. The predicted molar refractivity (Wildman–Crippen MR) is 120 cm³/mol. The number of hydrogen-bond acceptors (Lipinski definition) is 6. The molecule has 6 heteroatoms. The third-order valence-corrected chi connectivity index (χ3v) is 5.21. The van der Waals surface area contributed by atoms with Crippen LogP contribution in [0.4, 0.5) is 5.69 Å². The van der Waals surface area contributed by atoms with Gasteiger partial charge >= 0.3 is 11.9 Å². The van der Waals surface area contributed by atoms with Crippen molar-refractivity contribution in [3.63, 3.8) is 0 Å². The van der Waals surface area contributed by atoms with E-state index >= 15 is 0 Å². The summed E-state index contributed by atoms with van der Waals surface area (Å²) in [5, 5.41) is 1.36. The molecular weight excluding hydrogens is 394 g/mol. The SMILES string of the molecule is COC(=O)c1c2c(c3ccccc3c1OC(C)=O)OC(c1ccc(N(C)C)cc1)C=C2. The Labute approximate surface area is 180 Å². The lowest BCUT2D eigenvalue weighted by molar-refractivity contribution is -0.131. The van der Waals surface area contributed by atoms with Crippen LogP contribution in [0, 0.1) is 0 Å². The highest BCUT2D eigenvalue weighted by Crippen LogP contribution is 2.46. The Hall–Kier alpha value is -3.80. The number of nitrogens with zero attached hydrogens (tertiary/aromatic N) is 1. The first-order valence-electron chi connectivity index (χ1n) is 9.88. The van der Waals surface area contributed by atoms with Crippen LogP contribution >= 0.6 is 0 Å².